The van der Waals surface area contributed by atoms with E-state index in [4.69, 9.17) is 39.9 Å². The molecule has 9 heteroatoms. The SMILES string of the molecule is Cc1cc(/C=C/C(c2cc(Cl)c(Cl)c(Cl)c2)C(F)(F)F)cc(F)c1C(=O)O. The van der Waals surface area contributed by atoms with Crippen LogP contribution in [0.3, 0.4) is 0 Å². The summed E-state index contributed by atoms with van der Waals surface area (Å²) in [6, 6.07) is 4.23. The summed E-state index contributed by atoms with van der Waals surface area (Å²) >= 11 is 17.4. The number of alkyl halides is 3. The molecule has 0 radical (unpaired) electrons. The monoisotopic (exact) mass is 440 g/mol. The molecule has 2 rings (SSSR count). The number of aryl methyl sites for hydroxylation is 1. The lowest BCUT2D eigenvalue weighted by atomic mass is 9.96. The largest absolute Gasteiger partial charge is 0.478 e. The van der Waals surface area contributed by atoms with Crippen molar-refractivity contribution in [2.75, 3.05) is 0 Å². The molecule has 0 bridgehead atoms. The maximum Gasteiger partial charge on any atom is 0.399 e. The highest BCUT2D eigenvalue weighted by molar-refractivity contribution is 6.48. The Morgan fingerprint density at radius 3 is 2.11 bits per heavy atom. The normalized spacial score (nSPS) is 13.2. The van der Waals surface area contributed by atoms with E-state index in [0.29, 0.717) is 0 Å². The van der Waals surface area contributed by atoms with E-state index >= 15 is 0 Å². The number of hydrogen-bond acceptors (Lipinski definition) is 1. The number of hydrogen-bond donors (Lipinski definition) is 1. The van der Waals surface area contributed by atoms with Gasteiger partial charge in [0.2, 0.25) is 0 Å². The fourth-order valence-corrected chi connectivity index (χ4v) is 3.12. The van der Waals surface area contributed by atoms with E-state index < -0.39 is 29.4 Å². The minimum Gasteiger partial charge on any atom is -0.478 e. The number of carboxylic acids is 1. The van der Waals surface area contributed by atoms with Crippen molar-refractivity contribution in [2.45, 2.75) is 19.0 Å². The van der Waals surface area contributed by atoms with Gasteiger partial charge in [0.05, 0.1) is 26.5 Å². The fraction of sp³-hybridized carbons (Fsp3) is 0.167. The first-order valence-electron chi connectivity index (χ1n) is 7.34. The number of halogens is 7. The zero-order valence-electron chi connectivity index (χ0n) is 13.5. The van der Waals surface area contributed by atoms with Crippen LogP contribution < -0.4 is 0 Å². The van der Waals surface area contributed by atoms with E-state index in [2.05, 4.69) is 0 Å². The van der Waals surface area contributed by atoms with Gasteiger partial charge < -0.3 is 5.11 Å². The first-order valence-corrected chi connectivity index (χ1v) is 8.48. The molecular formula is C18H11Cl3F4O2. The summed E-state index contributed by atoms with van der Waals surface area (Å²) in [5.74, 6) is -4.57. The molecule has 0 amide bonds. The van der Waals surface area contributed by atoms with Crippen LogP contribution in [0.1, 0.15) is 33.0 Å². The van der Waals surface area contributed by atoms with Gasteiger partial charge in [0.25, 0.3) is 0 Å². The van der Waals surface area contributed by atoms with Crippen LogP contribution in [0.4, 0.5) is 17.6 Å². The standard InChI is InChI=1S/C18H11Cl3F4O2/c1-8-4-9(5-14(22)15(8)17(26)27)2-3-11(18(23,24)25)10-6-12(19)16(21)13(20)7-10/h2-7,11H,1H3,(H,26,27)/b3-2+. The van der Waals surface area contributed by atoms with Crippen LogP contribution in [-0.2, 0) is 0 Å². The second-order valence-corrected chi connectivity index (χ2v) is 6.87. The van der Waals surface area contributed by atoms with E-state index in [9.17, 15) is 22.4 Å². The lowest BCUT2D eigenvalue weighted by molar-refractivity contribution is -0.139. The Kier molecular flexibility index (Phi) is 6.45. The van der Waals surface area contributed by atoms with Gasteiger partial charge in [-0.3, -0.25) is 0 Å². The molecule has 0 spiro atoms. The number of benzene rings is 2. The lowest BCUT2D eigenvalue weighted by Crippen LogP contribution is -2.19. The quantitative estimate of drug-likeness (QED) is 0.404. The average Bonchev–Trinajstić information content (AvgIpc) is 2.50. The highest BCUT2D eigenvalue weighted by Crippen LogP contribution is 2.41. The van der Waals surface area contributed by atoms with Crippen LogP contribution in [-0.4, -0.2) is 17.3 Å². The Hall–Kier alpha value is -1.76. The van der Waals surface area contributed by atoms with Crippen LogP contribution in [0.2, 0.25) is 15.1 Å². The third-order valence-corrected chi connectivity index (χ3v) is 4.92. The smallest absolute Gasteiger partial charge is 0.399 e. The molecule has 2 nitrogen and oxygen atoms in total. The van der Waals surface area contributed by atoms with Crippen LogP contribution in [0.25, 0.3) is 6.08 Å². The molecule has 144 valence electrons. The van der Waals surface area contributed by atoms with Crippen molar-refractivity contribution in [3.63, 3.8) is 0 Å². The van der Waals surface area contributed by atoms with Gasteiger partial charge in [-0.05, 0) is 41.8 Å². The lowest BCUT2D eigenvalue weighted by Gasteiger charge is -2.18. The third-order valence-electron chi connectivity index (χ3n) is 3.72. The number of rotatable bonds is 4. The summed E-state index contributed by atoms with van der Waals surface area (Å²) in [6.45, 7) is 1.35. The minimum absolute atomic E-state index is 0.0612. The summed E-state index contributed by atoms with van der Waals surface area (Å²) in [4.78, 5) is 11.0. The van der Waals surface area contributed by atoms with Crippen molar-refractivity contribution in [3.8, 4) is 0 Å². The van der Waals surface area contributed by atoms with E-state index in [1.165, 1.54) is 13.0 Å². The predicted octanol–water partition coefficient (Wildman–Crippen LogP) is 7.15. The molecule has 0 aliphatic rings. The first-order chi connectivity index (χ1) is 12.4. The predicted molar refractivity (Wildman–Crippen MR) is 97.4 cm³/mol. The van der Waals surface area contributed by atoms with Crippen LogP contribution in [0.5, 0.6) is 0 Å². The zero-order valence-corrected chi connectivity index (χ0v) is 15.8. The summed E-state index contributed by atoms with van der Waals surface area (Å²) in [5.41, 5.74) is -0.605. The highest BCUT2D eigenvalue weighted by Gasteiger charge is 2.39. The van der Waals surface area contributed by atoms with Gasteiger partial charge in [-0.15, -0.1) is 0 Å². The number of aromatic carboxylic acids is 1. The first kappa shape index (κ1) is 21.5. The molecule has 27 heavy (non-hydrogen) atoms. The average molecular weight is 442 g/mol. The van der Waals surface area contributed by atoms with Crippen molar-refractivity contribution in [1.82, 2.24) is 0 Å². The molecule has 2 aromatic carbocycles. The molecule has 0 aliphatic carbocycles. The van der Waals surface area contributed by atoms with Crippen LogP contribution in [0.15, 0.2) is 30.3 Å². The van der Waals surface area contributed by atoms with Gasteiger partial charge >= 0.3 is 12.1 Å². The number of carbonyl (C=O) groups is 1. The van der Waals surface area contributed by atoms with Gasteiger partial charge in [-0.1, -0.05) is 53.0 Å². The maximum absolute atomic E-state index is 13.9. The second-order valence-electron chi connectivity index (χ2n) is 5.68. The van der Waals surface area contributed by atoms with Gasteiger partial charge in [-0.2, -0.15) is 13.2 Å². The number of allylic oxidation sites excluding steroid dienone is 1. The molecular weight excluding hydrogens is 431 g/mol. The molecule has 0 aliphatic heterocycles. The number of carboxylic acid groups (broad SMARTS) is 1. The van der Waals surface area contributed by atoms with E-state index in [1.807, 2.05) is 0 Å². The van der Waals surface area contributed by atoms with E-state index in [0.717, 1.165) is 30.4 Å². The zero-order chi connectivity index (χ0) is 20.5. The molecule has 0 aromatic heterocycles. The summed E-state index contributed by atoms with van der Waals surface area (Å²) in [6.07, 6.45) is -2.81. The molecule has 0 saturated heterocycles. The van der Waals surface area contributed by atoms with Gasteiger partial charge in [0.15, 0.2) is 0 Å². The van der Waals surface area contributed by atoms with Crippen molar-refractivity contribution in [2.24, 2.45) is 0 Å². The Morgan fingerprint density at radius 2 is 1.67 bits per heavy atom. The van der Waals surface area contributed by atoms with Crippen LogP contribution in [0, 0.1) is 12.7 Å². The Labute approximate surface area is 167 Å². The molecule has 1 atom stereocenters. The highest BCUT2D eigenvalue weighted by atomic mass is 35.5. The Bertz CT molecular complexity index is 877. The topological polar surface area (TPSA) is 37.3 Å². The molecule has 0 heterocycles. The molecule has 0 fully saturated rings. The fourth-order valence-electron chi connectivity index (χ4n) is 2.51. The van der Waals surface area contributed by atoms with Crippen molar-refractivity contribution in [1.29, 1.82) is 0 Å². The van der Waals surface area contributed by atoms with Gasteiger partial charge in [0.1, 0.15) is 5.82 Å². The van der Waals surface area contributed by atoms with Crippen molar-refractivity contribution in [3.05, 3.63) is 73.5 Å². The van der Waals surface area contributed by atoms with Gasteiger partial charge in [0, 0.05) is 0 Å². The summed E-state index contributed by atoms with van der Waals surface area (Å²) in [7, 11) is 0. The molecule has 1 unspecified atom stereocenters. The van der Waals surface area contributed by atoms with Crippen LogP contribution >= 0.6 is 34.8 Å². The molecule has 1 N–H and O–H groups in total. The summed E-state index contributed by atoms with van der Waals surface area (Å²) < 4.78 is 54.3. The van der Waals surface area contributed by atoms with E-state index in [-0.39, 0.29) is 31.8 Å². The van der Waals surface area contributed by atoms with Crippen molar-refractivity contribution >= 4 is 46.8 Å². The minimum atomic E-state index is -4.68. The maximum atomic E-state index is 13.9. The van der Waals surface area contributed by atoms with Gasteiger partial charge in [-0.25, -0.2) is 9.18 Å². The summed E-state index contributed by atoms with van der Waals surface area (Å²) in [5, 5.41) is 8.62. The third kappa shape index (κ3) is 4.94. The van der Waals surface area contributed by atoms with Crippen molar-refractivity contribution < 1.29 is 27.5 Å². The molecule has 0 saturated carbocycles. The Balaban J connectivity index is 2.48. The molecule has 2 aromatic rings. The Morgan fingerprint density at radius 1 is 1.11 bits per heavy atom. The second kappa shape index (κ2) is 8.09. The van der Waals surface area contributed by atoms with E-state index in [1.54, 1.807) is 0 Å².